The summed E-state index contributed by atoms with van der Waals surface area (Å²) in [5, 5.41) is 0.942. The summed E-state index contributed by atoms with van der Waals surface area (Å²) < 4.78 is 8.36. The summed E-state index contributed by atoms with van der Waals surface area (Å²) in [4.78, 5) is 14.2. The number of fused-ring (bicyclic) bond motifs is 1. The Labute approximate surface area is 243 Å². The number of hydrogen-bond acceptors (Lipinski definition) is 6. The molecule has 0 bridgehead atoms. The number of nitrogens with zero attached hydrogens (tertiary/aromatic N) is 5. The van der Waals surface area contributed by atoms with Crippen LogP contribution in [-0.4, -0.2) is 63.6 Å². The van der Waals surface area contributed by atoms with Gasteiger partial charge in [0.15, 0.2) is 0 Å². The van der Waals surface area contributed by atoms with E-state index in [2.05, 4.69) is 44.7 Å². The number of nitrogens with two attached hydrogens (primary N) is 1. The Morgan fingerprint density at radius 2 is 1.49 bits per heavy atom. The summed E-state index contributed by atoms with van der Waals surface area (Å²) in [6.07, 6.45) is 9.89. The first kappa shape index (κ1) is 29.2. The molecule has 2 fully saturated rings. The smallest absolute Gasteiger partial charge is 0.146 e. The predicted octanol–water partition coefficient (Wildman–Crippen LogP) is 6.44. The van der Waals surface area contributed by atoms with Gasteiger partial charge in [0, 0.05) is 36.9 Å². The third-order valence-corrected chi connectivity index (χ3v) is 8.11. The normalized spacial score (nSPS) is 20.5. The van der Waals surface area contributed by atoms with Gasteiger partial charge in [-0.15, -0.1) is 24.8 Å². The molecule has 1 aliphatic heterocycles. The summed E-state index contributed by atoms with van der Waals surface area (Å²) in [6.45, 7) is 4.81. The molecule has 2 aliphatic rings. The zero-order chi connectivity index (χ0) is 25.2. The molecule has 0 amide bonds. The lowest BCUT2D eigenvalue weighted by Crippen LogP contribution is -2.40. The molecule has 7 nitrogen and oxygen atoms in total. The van der Waals surface area contributed by atoms with Crippen molar-refractivity contribution in [3.63, 3.8) is 0 Å². The molecular weight excluding hydrogens is 531 g/mol. The van der Waals surface area contributed by atoms with Crippen LogP contribution < -0.4 is 10.5 Å². The highest BCUT2D eigenvalue weighted by atomic mass is 35.5. The van der Waals surface area contributed by atoms with Crippen LogP contribution in [0.15, 0.2) is 67.1 Å². The van der Waals surface area contributed by atoms with Gasteiger partial charge in [0.05, 0.1) is 5.39 Å². The van der Waals surface area contributed by atoms with E-state index in [9.17, 15) is 0 Å². The van der Waals surface area contributed by atoms with E-state index in [0.717, 1.165) is 46.5 Å². The van der Waals surface area contributed by atoms with Crippen LogP contribution in [0.3, 0.4) is 0 Å². The molecule has 1 saturated carbocycles. The van der Waals surface area contributed by atoms with Gasteiger partial charge in [-0.25, -0.2) is 9.97 Å². The van der Waals surface area contributed by atoms with Gasteiger partial charge in [-0.05, 0) is 82.1 Å². The Bertz CT molecular complexity index is 1340. The second-order valence-corrected chi connectivity index (χ2v) is 10.5. The molecule has 9 heteroatoms. The average molecular weight is 570 g/mol. The molecule has 2 aromatic heterocycles. The molecule has 0 atom stereocenters. The van der Waals surface area contributed by atoms with Crippen LogP contribution in [0.4, 0.5) is 5.82 Å². The topological polar surface area (TPSA) is 72.4 Å². The molecule has 39 heavy (non-hydrogen) atoms. The molecule has 2 aromatic carbocycles. The number of halogens is 2. The Morgan fingerprint density at radius 1 is 0.795 bits per heavy atom. The van der Waals surface area contributed by atoms with Crippen LogP contribution in [0.5, 0.6) is 11.5 Å². The van der Waals surface area contributed by atoms with Crippen LogP contribution in [-0.2, 0) is 0 Å². The summed E-state index contributed by atoms with van der Waals surface area (Å²) >= 11 is 0. The SMILES string of the molecule is CN1CCCN([C@H]2CC[C@H](n3cc(-c4ccc(Oc5ccccc5)cc4)c4c(N)ncnc43)CC2)CC1.Cl.Cl. The molecule has 0 unspecified atom stereocenters. The Morgan fingerprint density at radius 3 is 2.23 bits per heavy atom. The summed E-state index contributed by atoms with van der Waals surface area (Å²) in [5.41, 5.74) is 9.52. The van der Waals surface area contributed by atoms with Crippen LogP contribution in [0.1, 0.15) is 38.1 Å². The highest BCUT2D eigenvalue weighted by Crippen LogP contribution is 2.39. The molecule has 0 spiro atoms. The van der Waals surface area contributed by atoms with Crippen molar-refractivity contribution in [2.45, 2.75) is 44.2 Å². The summed E-state index contributed by atoms with van der Waals surface area (Å²) in [5.74, 6) is 2.17. The number of anilines is 1. The van der Waals surface area contributed by atoms with Crippen molar-refractivity contribution in [1.82, 2.24) is 24.3 Å². The van der Waals surface area contributed by atoms with Crippen molar-refractivity contribution < 1.29 is 4.74 Å². The maximum absolute atomic E-state index is 6.42. The third-order valence-electron chi connectivity index (χ3n) is 8.11. The number of nitrogen functional groups attached to an aromatic ring is 1. The quantitative estimate of drug-likeness (QED) is 0.298. The highest BCUT2D eigenvalue weighted by Gasteiger charge is 2.29. The van der Waals surface area contributed by atoms with Crippen molar-refractivity contribution in [1.29, 1.82) is 0 Å². The summed E-state index contributed by atoms with van der Waals surface area (Å²) in [6, 6.07) is 19.2. The number of para-hydroxylation sites is 1. The maximum Gasteiger partial charge on any atom is 0.146 e. The van der Waals surface area contributed by atoms with Gasteiger partial charge in [-0.2, -0.15) is 0 Å². The number of rotatable bonds is 5. The second kappa shape index (κ2) is 13.0. The fraction of sp³-hybridized carbons (Fsp3) is 0.400. The van der Waals surface area contributed by atoms with E-state index >= 15 is 0 Å². The fourth-order valence-electron chi connectivity index (χ4n) is 6.07. The minimum absolute atomic E-state index is 0. The van der Waals surface area contributed by atoms with Crippen LogP contribution in [0.25, 0.3) is 22.2 Å². The maximum atomic E-state index is 6.42. The van der Waals surface area contributed by atoms with Gasteiger partial charge in [0.1, 0.15) is 29.3 Å². The van der Waals surface area contributed by atoms with Gasteiger partial charge in [0.2, 0.25) is 0 Å². The standard InChI is InChI=1S/C30H36N6O.2ClH/c1-34-16-5-17-35(19-18-34)23-10-12-24(13-11-23)36-20-27(28-29(31)32-21-33-30(28)36)22-8-14-26(15-9-22)37-25-6-3-2-4-7-25;;/h2-4,6-9,14-15,20-21,23-24H,5,10-13,16-19H2,1H3,(H2,31,32,33);2*1H/t23-,24-;;. The van der Waals surface area contributed by atoms with Crippen molar-refractivity contribution >= 4 is 41.7 Å². The lowest BCUT2D eigenvalue weighted by molar-refractivity contribution is 0.143. The first-order chi connectivity index (χ1) is 18.2. The molecule has 1 aliphatic carbocycles. The second-order valence-electron chi connectivity index (χ2n) is 10.5. The zero-order valence-electron chi connectivity index (χ0n) is 22.4. The van der Waals surface area contributed by atoms with Crippen molar-refractivity contribution in [2.75, 3.05) is 39.0 Å². The van der Waals surface area contributed by atoms with E-state index in [4.69, 9.17) is 15.5 Å². The fourth-order valence-corrected chi connectivity index (χ4v) is 6.07. The van der Waals surface area contributed by atoms with Crippen molar-refractivity contribution in [3.8, 4) is 22.6 Å². The minimum Gasteiger partial charge on any atom is -0.457 e. The number of likely N-dealkylation sites (N-methyl/N-ethyl adjacent to an activating group) is 1. The third kappa shape index (κ3) is 6.33. The van der Waals surface area contributed by atoms with E-state index in [1.807, 2.05) is 42.5 Å². The number of ether oxygens (including phenoxy) is 1. The van der Waals surface area contributed by atoms with E-state index < -0.39 is 0 Å². The molecule has 2 N–H and O–H groups in total. The monoisotopic (exact) mass is 568 g/mol. The van der Waals surface area contributed by atoms with Gasteiger partial charge < -0.3 is 19.9 Å². The van der Waals surface area contributed by atoms with Gasteiger partial charge in [-0.3, -0.25) is 4.90 Å². The molecular formula is C30H38Cl2N6O. The molecule has 4 aromatic rings. The molecule has 0 radical (unpaired) electrons. The van der Waals surface area contributed by atoms with Crippen molar-refractivity contribution in [2.24, 2.45) is 0 Å². The molecule has 208 valence electrons. The zero-order valence-corrected chi connectivity index (χ0v) is 24.0. The summed E-state index contributed by atoms with van der Waals surface area (Å²) in [7, 11) is 2.24. The lowest BCUT2D eigenvalue weighted by atomic mass is 9.90. The Hall–Kier alpha value is -2.84. The minimum atomic E-state index is 0. The molecule has 6 rings (SSSR count). The number of benzene rings is 2. The van der Waals surface area contributed by atoms with Gasteiger partial charge in [0.25, 0.3) is 0 Å². The first-order valence-corrected chi connectivity index (χ1v) is 13.5. The van der Waals surface area contributed by atoms with E-state index in [0.29, 0.717) is 17.9 Å². The lowest BCUT2D eigenvalue weighted by Gasteiger charge is -2.37. The van der Waals surface area contributed by atoms with Crippen molar-refractivity contribution in [3.05, 3.63) is 67.1 Å². The predicted molar refractivity (Wildman–Crippen MR) is 163 cm³/mol. The number of hydrogen-bond donors (Lipinski definition) is 1. The van der Waals surface area contributed by atoms with E-state index in [1.165, 1.54) is 45.4 Å². The van der Waals surface area contributed by atoms with Crippen LogP contribution >= 0.6 is 24.8 Å². The largest absolute Gasteiger partial charge is 0.457 e. The molecule has 1 saturated heterocycles. The van der Waals surface area contributed by atoms with Gasteiger partial charge in [-0.1, -0.05) is 30.3 Å². The van der Waals surface area contributed by atoms with Crippen LogP contribution in [0, 0.1) is 0 Å². The van der Waals surface area contributed by atoms with E-state index in [-0.39, 0.29) is 24.8 Å². The Kier molecular flexibility index (Phi) is 9.72. The van der Waals surface area contributed by atoms with Gasteiger partial charge >= 0.3 is 0 Å². The van der Waals surface area contributed by atoms with Crippen LogP contribution in [0.2, 0.25) is 0 Å². The average Bonchev–Trinajstić information content (AvgIpc) is 3.19. The highest BCUT2D eigenvalue weighted by molar-refractivity contribution is 6.00. The first-order valence-electron chi connectivity index (χ1n) is 13.5. The Balaban J connectivity index is 0.00000176. The van der Waals surface area contributed by atoms with E-state index in [1.54, 1.807) is 6.33 Å². The molecule has 3 heterocycles. The number of aromatic nitrogens is 3.